The highest BCUT2D eigenvalue weighted by Crippen LogP contribution is 2.44. The molecule has 1 fully saturated rings. The molecule has 0 bridgehead atoms. The van der Waals surface area contributed by atoms with E-state index in [4.69, 9.17) is 0 Å². The number of benzene rings is 2. The van der Waals surface area contributed by atoms with Gasteiger partial charge >= 0.3 is 0 Å². The molecule has 0 aliphatic heterocycles. The molecule has 0 aromatic heterocycles. The lowest BCUT2D eigenvalue weighted by Crippen LogP contribution is -2.32. The summed E-state index contributed by atoms with van der Waals surface area (Å²) in [5.41, 5.74) is 1.71. The molecule has 0 heterocycles. The number of carbonyl (C=O) groups is 1. The Morgan fingerprint density at radius 2 is 1.62 bits per heavy atom. The Morgan fingerprint density at radius 3 is 2.23 bits per heavy atom. The van der Waals surface area contributed by atoms with Crippen LogP contribution in [0.2, 0.25) is 0 Å². The van der Waals surface area contributed by atoms with Gasteiger partial charge in [-0.1, -0.05) is 48.5 Å². The van der Waals surface area contributed by atoms with Crippen LogP contribution in [0.5, 0.6) is 0 Å². The third kappa shape index (κ3) is 5.59. The monoisotopic (exact) mass is 372 g/mol. The van der Waals surface area contributed by atoms with E-state index in [-0.39, 0.29) is 24.1 Å². The highest BCUT2D eigenvalue weighted by molar-refractivity contribution is 7.92. The number of anilines is 1. The van der Waals surface area contributed by atoms with Crippen molar-refractivity contribution >= 4 is 21.6 Å². The summed E-state index contributed by atoms with van der Waals surface area (Å²) in [7, 11) is -3.48. The van der Waals surface area contributed by atoms with Crippen molar-refractivity contribution in [3.05, 3.63) is 66.2 Å². The number of hydrogen-bond acceptors (Lipinski definition) is 3. The summed E-state index contributed by atoms with van der Waals surface area (Å²) in [6.07, 6.45) is 2.71. The topological polar surface area (TPSA) is 75.3 Å². The van der Waals surface area contributed by atoms with Crippen LogP contribution in [0.15, 0.2) is 60.7 Å². The molecule has 2 N–H and O–H groups in total. The molecule has 1 unspecified atom stereocenters. The van der Waals surface area contributed by atoms with Crippen LogP contribution >= 0.6 is 0 Å². The lowest BCUT2D eigenvalue weighted by atomic mass is 9.91. The largest absolute Gasteiger partial charge is 0.355 e. The molecule has 1 aliphatic carbocycles. The average Bonchev–Trinajstić information content (AvgIpc) is 3.46. The van der Waals surface area contributed by atoms with Gasteiger partial charge in [0, 0.05) is 18.7 Å². The summed E-state index contributed by atoms with van der Waals surface area (Å²) in [6, 6.07) is 18.8. The summed E-state index contributed by atoms with van der Waals surface area (Å²) < 4.78 is 26.7. The molecule has 2 aromatic carbocycles. The number of hydrogen-bond donors (Lipinski definition) is 2. The fourth-order valence-corrected chi connectivity index (χ4v) is 4.06. The van der Waals surface area contributed by atoms with Crippen molar-refractivity contribution in [1.29, 1.82) is 0 Å². The number of para-hydroxylation sites is 1. The molecular weight excluding hydrogens is 348 g/mol. The van der Waals surface area contributed by atoms with Crippen LogP contribution in [0, 0.1) is 5.92 Å². The normalized spacial score (nSPS) is 15.2. The van der Waals surface area contributed by atoms with E-state index in [9.17, 15) is 13.2 Å². The van der Waals surface area contributed by atoms with Crippen LogP contribution in [0.1, 0.15) is 30.7 Å². The molecule has 6 heteroatoms. The Balaban J connectivity index is 1.47. The van der Waals surface area contributed by atoms with Crippen LogP contribution in [-0.4, -0.2) is 26.6 Å². The Morgan fingerprint density at radius 1 is 1.00 bits per heavy atom. The summed E-state index contributed by atoms with van der Waals surface area (Å²) in [6.45, 7) is 0.104. The van der Waals surface area contributed by atoms with Gasteiger partial charge < -0.3 is 5.32 Å². The van der Waals surface area contributed by atoms with E-state index in [0.717, 1.165) is 12.8 Å². The van der Waals surface area contributed by atoms with E-state index in [1.807, 2.05) is 24.3 Å². The number of sulfonamides is 1. The highest BCUT2D eigenvalue weighted by Gasteiger charge is 2.33. The van der Waals surface area contributed by atoms with Crippen LogP contribution in [0.3, 0.4) is 0 Å². The van der Waals surface area contributed by atoms with Crippen molar-refractivity contribution in [3.63, 3.8) is 0 Å². The first kappa shape index (κ1) is 18.5. The van der Waals surface area contributed by atoms with Crippen molar-refractivity contribution in [3.8, 4) is 0 Å². The molecule has 1 saturated carbocycles. The minimum Gasteiger partial charge on any atom is -0.355 e. The van der Waals surface area contributed by atoms with E-state index in [0.29, 0.717) is 18.0 Å². The van der Waals surface area contributed by atoms with Gasteiger partial charge in [-0.2, -0.15) is 0 Å². The van der Waals surface area contributed by atoms with Crippen LogP contribution in [-0.2, 0) is 14.8 Å². The van der Waals surface area contributed by atoms with E-state index >= 15 is 0 Å². The number of rotatable bonds is 9. The third-order valence-electron chi connectivity index (χ3n) is 4.56. The first-order valence-electron chi connectivity index (χ1n) is 8.91. The maximum Gasteiger partial charge on any atom is 0.234 e. The van der Waals surface area contributed by atoms with Gasteiger partial charge in [0.25, 0.3) is 0 Å². The van der Waals surface area contributed by atoms with Crippen molar-refractivity contribution in [2.75, 3.05) is 17.0 Å². The first-order chi connectivity index (χ1) is 12.5. The Bertz CT molecular complexity index is 819. The Kier molecular flexibility index (Phi) is 5.93. The highest BCUT2D eigenvalue weighted by atomic mass is 32.2. The molecule has 138 valence electrons. The van der Waals surface area contributed by atoms with Gasteiger partial charge in [0.05, 0.1) is 5.75 Å². The van der Waals surface area contributed by atoms with Gasteiger partial charge in [-0.05, 0) is 42.4 Å². The van der Waals surface area contributed by atoms with Crippen molar-refractivity contribution in [2.45, 2.75) is 25.2 Å². The molecule has 1 atom stereocenters. The second-order valence-corrected chi connectivity index (χ2v) is 8.54. The van der Waals surface area contributed by atoms with Crippen molar-refractivity contribution < 1.29 is 13.2 Å². The molecule has 26 heavy (non-hydrogen) atoms. The van der Waals surface area contributed by atoms with Crippen LogP contribution in [0.4, 0.5) is 5.69 Å². The second-order valence-electron chi connectivity index (χ2n) is 6.70. The van der Waals surface area contributed by atoms with E-state index in [1.54, 1.807) is 24.3 Å². The summed E-state index contributed by atoms with van der Waals surface area (Å²) in [5.74, 6) is 0.537. The molecule has 2 aromatic rings. The number of nitrogens with one attached hydrogen (secondary N) is 2. The number of carbonyl (C=O) groups excluding carboxylic acids is 1. The molecule has 3 rings (SSSR count). The molecular formula is C20H24N2O3S. The smallest absolute Gasteiger partial charge is 0.234 e. The third-order valence-corrected chi connectivity index (χ3v) is 5.85. The van der Waals surface area contributed by atoms with Crippen molar-refractivity contribution in [2.24, 2.45) is 5.92 Å². The van der Waals surface area contributed by atoms with E-state index in [1.165, 1.54) is 5.56 Å². The predicted molar refractivity (Wildman–Crippen MR) is 103 cm³/mol. The minimum atomic E-state index is -3.48. The number of amides is 1. The van der Waals surface area contributed by atoms with Gasteiger partial charge in [0.2, 0.25) is 15.9 Å². The van der Waals surface area contributed by atoms with Crippen LogP contribution in [0.25, 0.3) is 0 Å². The molecule has 1 aliphatic rings. The van der Waals surface area contributed by atoms with E-state index in [2.05, 4.69) is 22.2 Å². The predicted octanol–water partition coefficient (Wildman–Crippen LogP) is 3.13. The van der Waals surface area contributed by atoms with Crippen LogP contribution < -0.4 is 10.0 Å². The second kappa shape index (κ2) is 8.36. The van der Waals surface area contributed by atoms with Gasteiger partial charge in [0.15, 0.2) is 0 Å². The minimum absolute atomic E-state index is 0.0966. The molecule has 0 saturated heterocycles. The van der Waals surface area contributed by atoms with Gasteiger partial charge in [0.1, 0.15) is 0 Å². The quantitative estimate of drug-likeness (QED) is 0.710. The zero-order valence-corrected chi connectivity index (χ0v) is 15.4. The van der Waals surface area contributed by atoms with Gasteiger partial charge in [-0.3, -0.25) is 9.52 Å². The maximum absolute atomic E-state index is 12.3. The maximum atomic E-state index is 12.3. The SMILES string of the molecule is O=C(CC(c1ccccc1)C1CC1)NCCS(=O)(=O)Nc1ccccc1. The lowest BCUT2D eigenvalue weighted by Gasteiger charge is -2.16. The summed E-state index contributed by atoms with van der Waals surface area (Å²) in [5, 5.41) is 2.75. The average molecular weight is 372 g/mol. The summed E-state index contributed by atoms with van der Waals surface area (Å²) in [4.78, 5) is 12.3. The molecule has 0 radical (unpaired) electrons. The summed E-state index contributed by atoms with van der Waals surface area (Å²) >= 11 is 0. The standard InChI is InChI=1S/C20H24N2O3S/c23-20(15-19(17-11-12-17)16-7-3-1-4-8-16)21-13-14-26(24,25)22-18-9-5-2-6-10-18/h1-10,17,19,22H,11-15H2,(H,21,23). The fraction of sp³-hybridized carbons (Fsp3) is 0.350. The first-order valence-corrected chi connectivity index (χ1v) is 10.6. The van der Waals surface area contributed by atoms with E-state index < -0.39 is 10.0 Å². The molecule has 5 nitrogen and oxygen atoms in total. The van der Waals surface area contributed by atoms with Crippen molar-refractivity contribution in [1.82, 2.24) is 5.32 Å². The molecule has 1 amide bonds. The Labute approximate surface area is 154 Å². The molecule has 0 spiro atoms. The zero-order chi connectivity index (χ0) is 18.4. The zero-order valence-electron chi connectivity index (χ0n) is 14.6. The van der Waals surface area contributed by atoms with Gasteiger partial charge in [-0.15, -0.1) is 0 Å². The fourth-order valence-electron chi connectivity index (χ4n) is 3.09. The van der Waals surface area contributed by atoms with Gasteiger partial charge in [-0.25, -0.2) is 8.42 Å². The Hall–Kier alpha value is -2.34. The lowest BCUT2D eigenvalue weighted by molar-refractivity contribution is -0.121.